The first-order valence-electron chi connectivity index (χ1n) is 7.87. The Kier molecular flexibility index (Phi) is 3.01. The van der Waals surface area contributed by atoms with Gasteiger partial charge in [0.25, 0.3) is 5.12 Å². The van der Waals surface area contributed by atoms with Gasteiger partial charge in [-0.1, -0.05) is 54.6 Å². The number of carbonyl (C=O) groups is 1. The molecule has 2 N–H and O–H groups in total. The van der Waals surface area contributed by atoms with Crippen molar-refractivity contribution in [2.24, 2.45) is 0 Å². The smallest absolute Gasteiger partial charge is 0.250 e. The van der Waals surface area contributed by atoms with E-state index in [0.717, 1.165) is 28.4 Å². The zero-order valence-electron chi connectivity index (χ0n) is 12.7. The van der Waals surface area contributed by atoms with Crippen LogP contribution < -0.4 is 4.72 Å². The highest BCUT2D eigenvalue weighted by Crippen LogP contribution is 2.39. The lowest BCUT2D eigenvalue weighted by atomic mass is 9.94. The van der Waals surface area contributed by atoms with Crippen LogP contribution in [0.2, 0.25) is 0 Å². The highest BCUT2D eigenvalue weighted by Gasteiger charge is 2.31. The summed E-state index contributed by atoms with van der Waals surface area (Å²) in [7, 11) is 0. The Balaban J connectivity index is 1.74. The average Bonchev–Trinajstić information content (AvgIpc) is 3.02. The van der Waals surface area contributed by atoms with Crippen LogP contribution in [0.1, 0.15) is 27.7 Å². The maximum Gasteiger partial charge on any atom is 0.250 e. The molecule has 4 heteroatoms. The van der Waals surface area contributed by atoms with Gasteiger partial charge in [0.15, 0.2) is 0 Å². The summed E-state index contributed by atoms with van der Waals surface area (Å²) in [5, 5.41) is 3.57. The van der Waals surface area contributed by atoms with Gasteiger partial charge in [-0.15, -0.1) is 0 Å². The SMILES string of the molecule is O=C1SNC(c2ccc3ccccc3c2)c2c1[nH]c1ccccc21. The van der Waals surface area contributed by atoms with Crippen molar-refractivity contribution >= 4 is 38.7 Å². The van der Waals surface area contributed by atoms with E-state index in [2.05, 4.69) is 52.2 Å². The van der Waals surface area contributed by atoms with Crippen molar-refractivity contribution in [1.82, 2.24) is 9.71 Å². The standard InChI is InChI=1S/C20H14N2OS/c23-20-19-17(15-7-3-4-8-16(15)21-19)18(22-24-20)14-10-9-12-5-1-2-6-13(12)11-14/h1-11,18,21-22H. The first-order valence-corrected chi connectivity index (χ1v) is 8.69. The third kappa shape index (κ3) is 2.00. The number of nitrogens with one attached hydrogen (secondary N) is 2. The number of fused-ring (bicyclic) bond motifs is 4. The fourth-order valence-electron chi connectivity index (χ4n) is 3.47. The molecular formula is C20H14N2OS. The zero-order valence-corrected chi connectivity index (χ0v) is 13.6. The van der Waals surface area contributed by atoms with Crippen LogP contribution in [0.4, 0.5) is 0 Å². The van der Waals surface area contributed by atoms with Gasteiger partial charge in [0.05, 0.1) is 6.04 Å². The Morgan fingerprint density at radius 2 is 1.67 bits per heavy atom. The maximum absolute atomic E-state index is 12.3. The van der Waals surface area contributed by atoms with Gasteiger partial charge in [0, 0.05) is 28.4 Å². The quantitative estimate of drug-likeness (QED) is 0.493. The predicted octanol–water partition coefficient (Wildman–Crippen LogP) is 4.80. The topological polar surface area (TPSA) is 44.9 Å². The first-order chi connectivity index (χ1) is 11.8. The molecule has 1 unspecified atom stereocenters. The molecule has 24 heavy (non-hydrogen) atoms. The van der Waals surface area contributed by atoms with E-state index in [4.69, 9.17) is 0 Å². The zero-order chi connectivity index (χ0) is 16.1. The molecule has 0 fully saturated rings. The molecule has 5 rings (SSSR count). The fourth-order valence-corrected chi connectivity index (χ4v) is 4.21. The Hall–Kier alpha value is -2.56. The van der Waals surface area contributed by atoms with Gasteiger partial charge in [-0.3, -0.25) is 4.79 Å². The van der Waals surface area contributed by atoms with Crippen molar-refractivity contribution < 1.29 is 4.79 Å². The summed E-state index contributed by atoms with van der Waals surface area (Å²) in [6.45, 7) is 0. The largest absolute Gasteiger partial charge is 0.351 e. The Morgan fingerprint density at radius 3 is 2.58 bits per heavy atom. The van der Waals surface area contributed by atoms with Gasteiger partial charge >= 0.3 is 0 Å². The van der Waals surface area contributed by atoms with Crippen molar-refractivity contribution in [3.8, 4) is 0 Å². The van der Waals surface area contributed by atoms with E-state index in [1.807, 2.05) is 24.3 Å². The normalized spacial score (nSPS) is 17.3. The monoisotopic (exact) mass is 330 g/mol. The number of aromatic amines is 1. The summed E-state index contributed by atoms with van der Waals surface area (Å²) in [5.74, 6) is 0. The third-order valence-electron chi connectivity index (χ3n) is 4.62. The van der Waals surface area contributed by atoms with E-state index >= 15 is 0 Å². The Morgan fingerprint density at radius 1 is 0.875 bits per heavy atom. The molecular weight excluding hydrogens is 316 g/mol. The van der Waals surface area contributed by atoms with Gasteiger partial charge in [-0.2, -0.15) is 0 Å². The molecule has 0 amide bonds. The van der Waals surface area contributed by atoms with Crippen molar-refractivity contribution in [2.75, 3.05) is 0 Å². The number of para-hydroxylation sites is 1. The fraction of sp³-hybridized carbons (Fsp3) is 0.0500. The molecule has 3 aromatic carbocycles. The van der Waals surface area contributed by atoms with E-state index in [9.17, 15) is 4.79 Å². The lowest BCUT2D eigenvalue weighted by Crippen LogP contribution is -2.24. The van der Waals surface area contributed by atoms with Crippen LogP contribution in [0, 0.1) is 0 Å². The molecule has 0 saturated heterocycles. The number of aromatic nitrogens is 1. The van der Waals surface area contributed by atoms with Crippen LogP contribution in [0.3, 0.4) is 0 Å². The maximum atomic E-state index is 12.3. The number of rotatable bonds is 1. The molecule has 0 aliphatic carbocycles. The molecule has 4 aromatic rings. The molecule has 1 aliphatic rings. The third-order valence-corrected chi connectivity index (χ3v) is 5.36. The Bertz CT molecular complexity index is 1100. The van der Waals surface area contributed by atoms with Gasteiger partial charge in [0.2, 0.25) is 0 Å². The first kappa shape index (κ1) is 13.8. The minimum atomic E-state index is -0.0107. The van der Waals surface area contributed by atoms with Crippen LogP contribution in [0.15, 0.2) is 66.7 Å². The van der Waals surface area contributed by atoms with E-state index in [1.54, 1.807) is 0 Å². The molecule has 0 bridgehead atoms. The summed E-state index contributed by atoms with van der Waals surface area (Å²) in [6.07, 6.45) is 0. The highest BCUT2D eigenvalue weighted by molar-refractivity contribution is 8.12. The van der Waals surface area contributed by atoms with E-state index < -0.39 is 0 Å². The number of hydrogen-bond acceptors (Lipinski definition) is 3. The van der Waals surface area contributed by atoms with Crippen molar-refractivity contribution in [3.63, 3.8) is 0 Å². The van der Waals surface area contributed by atoms with Gasteiger partial charge in [-0.05, 0) is 28.5 Å². The van der Waals surface area contributed by atoms with E-state index in [0.29, 0.717) is 5.69 Å². The molecule has 0 spiro atoms. The number of benzene rings is 3. The molecule has 1 atom stereocenters. The van der Waals surface area contributed by atoms with Crippen molar-refractivity contribution in [1.29, 1.82) is 0 Å². The molecule has 1 aromatic heterocycles. The van der Waals surface area contributed by atoms with E-state index in [-0.39, 0.29) is 11.2 Å². The van der Waals surface area contributed by atoms with Crippen LogP contribution in [-0.2, 0) is 0 Å². The number of hydrogen-bond donors (Lipinski definition) is 2. The number of carbonyl (C=O) groups excluding carboxylic acids is 1. The summed E-state index contributed by atoms with van der Waals surface area (Å²) >= 11 is 1.16. The summed E-state index contributed by atoms with van der Waals surface area (Å²) in [5.41, 5.74) is 3.92. The number of H-pyrrole nitrogens is 1. The molecule has 1 aliphatic heterocycles. The highest BCUT2D eigenvalue weighted by atomic mass is 32.2. The molecule has 0 saturated carbocycles. The van der Waals surface area contributed by atoms with Crippen molar-refractivity contribution in [3.05, 3.63) is 83.6 Å². The van der Waals surface area contributed by atoms with Gasteiger partial charge in [0.1, 0.15) is 5.69 Å². The van der Waals surface area contributed by atoms with Crippen LogP contribution in [0.5, 0.6) is 0 Å². The van der Waals surface area contributed by atoms with Crippen LogP contribution in [-0.4, -0.2) is 10.1 Å². The second-order valence-electron chi connectivity index (χ2n) is 6.01. The summed E-state index contributed by atoms with van der Waals surface area (Å²) in [6, 6.07) is 22.9. The average molecular weight is 330 g/mol. The lowest BCUT2D eigenvalue weighted by Gasteiger charge is -2.23. The minimum Gasteiger partial charge on any atom is -0.351 e. The van der Waals surface area contributed by atoms with Crippen LogP contribution >= 0.6 is 11.9 Å². The summed E-state index contributed by atoms with van der Waals surface area (Å²) in [4.78, 5) is 15.6. The second-order valence-corrected chi connectivity index (χ2v) is 6.82. The van der Waals surface area contributed by atoms with E-state index in [1.165, 1.54) is 16.3 Å². The van der Waals surface area contributed by atoms with Crippen molar-refractivity contribution in [2.45, 2.75) is 6.04 Å². The lowest BCUT2D eigenvalue weighted by molar-refractivity contribution is 0.108. The van der Waals surface area contributed by atoms with Gasteiger partial charge < -0.3 is 4.98 Å². The molecule has 116 valence electrons. The second kappa shape index (κ2) is 5.23. The van der Waals surface area contributed by atoms with Crippen LogP contribution in [0.25, 0.3) is 21.7 Å². The molecule has 3 nitrogen and oxygen atoms in total. The summed E-state index contributed by atoms with van der Waals surface area (Å²) < 4.78 is 3.33. The molecule has 0 radical (unpaired) electrons. The predicted molar refractivity (Wildman–Crippen MR) is 99.1 cm³/mol. The molecule has 2 heterocycles. The minimum absolute atomic E-state index is 0.0107. The Labute approximate surface area is 143 Å². The van der Waals surface area contributed by atoms with Gasteiger partial charge in [-0.25, -0.2) is 4.72 Å².